The molecule has 6 nitrogen and oxygen atoms in total. The van der Waals surface area contributed by atoms with Crippen molar-refractivity contribution < 1.29 is 28.6 Å². The van der Waals surface area contributed by atoms with Gasteiger partial charge in [0.05, 0.1) is 5.41 Å². The van der Waals surface area contributed by atoms with Crippen LogP contribution in [0.1, 0.15) is 13.8 Å². The van der Waals surface area contributed by atoms with E-state index in [-0.39, 0.29) is 19.6 Å². The number of esters is 1. The van der Waals surface area contributed by atoms with Crippen molar-refractivity contribution in [2.24, 2.45) is 5.41 Å². The van der Waals surface area contributed by atoms with Crippen LogP contribution in [0, 0.1) is 5.41 Å². The minimum Gasteiger partial charge on any atom is -0.463 e. The molecular formula is C15H18O6S. The Morgan fingerprint density at radius 3 is 2.50 bits per heavy atom. The van der Waals surface area contributed by atoms with Gasteiger partial charge in [0.25, 0.3) is 12.9 Å². The minimum absolute atomic E-state index is 0.0727. The first-order valence-electron chi connectivity index (χ1n) is 6.53. The van der Waals surface area contributed by atoms with Crippen LogP contribution in [-0.2, 0) is 23.9 Å². The summed E-state index contributed by atoms with van der Waals surface area (Å²) in [5, 5.41) is 0. The van der Waals surface area contributed by atoms with Crippen molar-refractivity contribution in [3.05, 3.63) is 30.3 Å². The maximum absolute atomic E-state index is 12.2. The zero-order valence-electron chi connectivity index (χ0n) is 12.4. The number of hydrogen-bond acceptors (Lipinski definition) is 7. The second-order valence-corrected chi connectivity index (χ2v) is 6.14. The van der Waals surface area contributed by atoms with Gasteiger partial charge in [0.15, 0.2) is 5.44 Å². The largest absolute Gasteiger partial charge is 0.463 e. The fourth-order valence-corrected chi connectivity index (χ4v) is 2.42. The predicted molar refractivity (Wildman–Crippen MR) is 81.3 cm³/mol. The van der Waals surface area contributed by atoms with Gasteiger partial charge in [-0.2, -0.15) is 0 Å². The molecular weight excluding hydrogens is 308 g/mol. The molecule has 0 saturated heterocycles. The van der Waals surface area contributed by atoms with Gasteiger partial charge < -0.3 is 14.2 Å². The molecule has 0 heterocycles. The van der Waals surface area contributed by atoms with Crippen molar-refractivity contribution in [2.45, 2.75) is 19.3 Å². The lowest BCUT2D eigenvalue weighted by atomic mass is 9.97. The van der Waals surface area contributed by atoms with Crippen LogP contribution < -0.4 is 4.74 Å². The summed E-state index contributed by atoms with van der Waals surface area (Å²) in [6.45, 7) is 3.93. The molecule has 1 atom stereocenters. The highest BCUT2D eigenvalue weighted by atomic mass is 32.2. The molecule has 1 aromatic carbocycles. The molecule has 0 amide bonds. The number of rotatable bonds is 10. The summed E-state index contributed by atoms with van der Waals surface area (Å²) in [5.41, 5.74) is -1.46. The van der Waals surface area contributed by atoms with E-state index < -0.39 is 16.8 Å². The van der Waals surface area contributed by atoms with E-state index in [9.17, 15) is 14.4 Å². The van der Waals surface area contributed by atoms with Crippen LogP contribution >= 0.6 is 11.8 Å². The van der Waals surface area contributed by atoms with Crippen LogP contribution in [0.2, 0.25) is 0 Å². The van der Waals surface area contributed by atoms with Crippen LogP contribution in [-0.4, -0.2) is 36.7 Å². The number of carbonyl (C=O) groups is 3. The van der Waals surface area contributed by atoms with Gasteiger partial charge in [0, 0.05) is 5.75 Å². The Bertz CT molecular complexity index is 488. The highest BCUT2D eigenvalue weighted by molar-refractivity contribution is 7.99. The minimum atomic E-state index is -0.799. The molecule has 0 aliphatic rings. The van der Waals surface area contributed by atoms with E-state index in [0.29, 0.717) is 11.5 Å². The zero-order chi connectivity index (χ0) is 16.4. The number of para-hydroxylation sites is 1. The van der Waals surface area contributed by atoms with Gasteiger partial charge in [0.2, 0.25) is 0 Å². The van der Waals surface area contributed by atoms with Crippen molar-refractivity contribution in [1.29, 1.82) is 0 Å². The summed E-state index contributed by atoms with van der Waals surface area (Å²) in [6, 6.07) is 8.76. The van der Waals surface area contributed by atoms with Gasteiger partial charge in [-0.3, -0.25) is 14.4 Å². The Morgan fingerprint density at radius 2 is 1.91 bits per heavy atom. The summed E-state index contributed by atoms with van der Waals surface area (Å²) in [6.07, 6.45) is 0. The summed E-state index contributed by atoms with van der Waals surface area (Å²) in [4.78, 5) is 32.8. The van der Waals surface area contributed by atoms with E-state index in [1.807, 2.05) is 6.07 Å². The summed E-state index contributed by atoms with van der Waals surface area (Å²) in [5.74, 6) is 0.405. The number of thioether (sulfide) groups is 1. The third-order valence-electron chi connectivity index (χ3n) is 2.64. The normalized spacial score (nSPS) is 12.1. The van der Waals surface area contributed by atoms with Gasteiger partial charge in [-0.15, -0.1) is 11.8 Å². The molecule has 0 aromatic heterocycles. The van der Waals surface area contributed by atoms with Crippen molar-refractivity contribution in [2.75, 3.05) is 12.4 Å². The Labute approximate surface area is 133 Å². The molecule has 0 saturated carbocycles. The van der Waals surface area contributed by atoms with Crippen LogP contribution in [0.25, 0.3) is 0 Å². The third-order valence-corrected chi connectivity index (χ3v) is 4.15. The van der Waals surface area contributed by atoms with E-state index in [1.54, 1.807) is 38.1 Å². The lowest BCUT2D eigenvalue weighted by Crippen LogP contribution is -2.32. The first-order chi connectivity index (χ1) is 10.5. The first-order valence-corrected chi connectivity index (χ1v) is 7.58. The summed E-state index contributed by atoms with van der Waals surface area (Å²) in [7, 11) is 0. The Balaban J connectivity index is 2.54. The highest BCUT2D eigenvalue weighted by Crippen LogP contribution is 2.27. The van der Waals surface area contributed by atoms with E-state index in [2.05, 4.69) is 4.74 Å². The molecule has 1 aromatic rings. The SMILES string of the molecule is CC(C)(CSC(COC=O)OC=O)C(=O)Oc1ccccc1. The smallest absolute Gasteiger partial charge is 0.317 e. The fourth-order valence-electron chi connectivity index (χ4n) is 1.40. The maximum Gasteiger partial charge on any atom is 0.317 e. The molecule has 22 heavy (non-hydrogen) atoms. The molecule has 120 valence electrons. The maximum atomic E-state index is 12.2. The Morgan fingerprint density at radius 1 is 1.23 bits per heavy atom. The molecule has 0 spiro atoms. The van der Waals surface area contributed by atoms with Gasteiger partial charge in [-0.1, -0.05) is 18.2 Å². The molecule has 0 aliphatic heterocycles. The lowest BCUT2D eigenvalue weighted by Gasteiger charge is -2.24. The van der Waals surface area contributed by atoms with E-state index in [0.717, 1.165) is 0 Å². The quantitative estimate of drug-likeness (QED) is 0.282. The Hall–Kier alpha value is -2.02. The number of ether oxygens (including phenoxy) is 3. The van der Waals surface area contributed by atoms with Crippen LogP contribution in [0.3, 0.4) is 0 Å². The topological polar surface area (TPSA) is 78.9 Å². The third kappa shape index (κ3) is 6.17. The predicted octanol–water partition coefficient (Wildman–Crippen LogP) is 2.02. The Kier molecular flexibility index (Phi) is 7.45. The van der Waals surface area contributed by atoms with E-state index in [4.69, 9.17) is 9.47 Å². The van der Waals surface area contributed by atoms with E-state index in [1.165, 1.54) is 11.8 Å². The van der Waals surface area contributed by atoms with Crippen molar-refractivity contribution in [3.8, 4) is 5.75 Å². The molecule has 0 bridgehead atoms. The number of benzene rings is 1. The van der Waals surface area contributed by atoms with E-state index >= 15 is 0 Å². The van der Waals surface area contributed by atoms with Gasteiger partial charge >= 0.3 is 5.97 Å². The standard InChI is InChI=1S/C15H18O6S/c1-15(2,9-22-13(20-11-17)8-19-10-16)14(18)21-12-6-4-3-5-7-12/h3-7,10-11,13H,8-9H2,1-2H3. The average molecular weight is 326 g/mol. The molecule has 0 N–H and O–H groups in total. The summed E-state index contributed by atoms with van der Waals surface area (Å²) < 4.78 is 14.7. The number of carbonyl (C=O) groups excluding carboxylic acids is 3. The van der Waals surface area contributed by atoms with Gasteiger partial charge in [-0.25, -0.2) is 0 Å². The first kappa shape index (κ1) is 18.0. The van der Waals surface area contributed by atoms with Crippen LogP contribution in [0.5, 0.6) is 5.75 Å². The van der Waals surface area contributed by atoms with Crippen molar-refractivity contribution in [1.82, 2.24) is 0 Å². The molecule has 0 radical (unpaired) electrons. The van der Waals surface area contributed by atoms with Crippen molar-refractivity contribution in [3.63, 3.8) is 0 Å². The highest BCUT2D eigenvalue weighted by Gasteiger charge is 2.31. The molecule has 0 fully saturated rings. The average Bonchev–Trinajstić information content (AvgIpc) is 2.51. The van der Waals surface area contributed by atoms with Crippen LogP contribution in [0.4, 0.5) is 0 Å². The lowest BCUT2D eigenvalue weighted by molar-refractivity contribution is -0.142. The van der Waals surface area contributed by atoms with Crippen molar-refractivity contribution >= 4 is 30.7 Å². The zero-order valence-corrected chi connectivity index (χ0v) is 13.2. The molecule has 7 heteroatoms. The fraction of sp³-hybridized carbons (Fsp3) is 0.400. The van der Waals surface area contributed by atoms with Gasteiger partial charge in [-0.05, 0) is 26.0 Å². The second-order valence-electron chi connectivity index (χ2n) is 4.99. The summed E-state index contributed by atoms with van der Waals surface area (Å²) >= 11 is 1.19. The number of hydrogen-bond donors (Lipinski definition) is 0. The monoisotopic (exact) mass is 326 g/mol. The van der Waals surface area contributed by atoms with Gasteiger partial charge in [0.1, 0.15) is 12.4 Å². The molecule has 0 aliphatic carbocycles. The van der Waals surface area contributed by atoms with Crippen LogP contribution in [0.15, 0.2) is 30.3 Å². The molecule has 1 rings (SSSR count). The second kappa shape index (κ2) is 9.09. The molecule has 1 unspecified atom stereocenters.